The fourth-order valence-corrected chi connectivity index (χ4v) is 5.08. The number of ether oxygens (including phenoxy) is 4. The molecule has 0 aliphatic carbocycles. The monoisotopic (exact) mass is 709 g/mol. The van der Waals surface area contributed by atoms with E-state index in [9.17, 15) is 49.8 Å². The smallest absolute Gasteiger partial charge is 0.234 e. The summed E-state index contributed by atoms with van der Waals surface area (Å²) >= 11 is 0. The van der Waals surface area contributed by atoms with Crippen LogP contribution in [0.15, 0.2) is 0 Å². The highest BCUT2D eigenvalue weighted by Crippen LogP contribution is 2.22. The highest BCUT2D eigenvalue weighted by Gasteiger charge is 2.43. The normalized spacial score (nSPS) is 30.1. The van der Waals surface area contributed by atoms with Crippen LogP contribution in [0.3, 0.4) is 0 Å². The second-order valence-corrected chi connectivity index (χ2v) is 12.1. The first kappa shape index (κ1) is 42.6. The molecule has 49 heavy (non-hydrogen) atoms. The van der Waals surface area contributed by atoms with Gasteiger partial charge in [-0.05, 0) is 33.6 Å². The van der Waals surface area contributed by atoms with E-state index in [1.807, 2.05) is 6.92 Å². The molecular weight excluding hydrogens is 654 g/mol. The van der Waals surface area contributed by atoms with Gasteiger partial charge in [0.2, 0.25) is 23.6 Å². The van der Waals surface area contributed by atoms with Gasteiger partial charge in [-0.25, -0.2) is 0 Å². The van der Waals surface area contributed by atoms with Crippen LogP contribution in [0.25, 0.3) is 0 Å². The van der Waals surface area contributed by atoms with Gasteiger partial charge in [0.05, 0.1) is 45.1 Å². The zero-order valence-corrected chi connectivity index (χ0v) is 28.4. The summed E-state index contributed by atoms with van der Waals surface area (Å²) in [6.07, 6.45) is -10.1. The van der Waals surface area contributed by atoms with E-state index in [4.69, 9.17) is 18.9 Å². The van der Waals surface area contributed by atoms with Crippen LogP contribution in [0.2, 0.25) is 0 Å². The first-order valence-electron chi connectivity index (χ1n) is 16.7. The van der Waals surface area contributed by atoms with E-state index in [2.05, 4.69) is 21.3 Å². The van der Waals surface area contributed by atoms with Crippen LogP contribution >= 0.6 is 0 Å². The van der Waals surface area contributed by atoms with Gasteiger partial charge in [-0.1, -0.05) is 6.42 Å². The molecule has 19 heteroatoms. The van der Waals surface area contributed by atoms with Crippen molar-refractivity contribution in [3.63, 3.8) is 0 Å². The number of carbonyl (C=O) groups excluding carboxylic acids is 4. The van der Waals surface area contributed by atoms with E-state index in [-0.39, 0.29) is 51.8 Å². The van der Waals surface area contributed by atoms with Gasteiger partial charge in [0.25, 0.3) is 0 Å². The minimum atomic E-state index is -1.50. The molecule has 2 fully saturated rings. The van der Waals surface area contributed by atoms with E-state index in [0.717, 1.165) is 6.42 Å². The molecule has 2 aliphatic rings. The summed E-state index contributed by atoms with van der Waals surface area (Å²) < 4.78 is 21.5. The summed E-state index contributed by atoms with van der Waals surface area (Å²) in [5, 5.41) is 70.2. The van der Waals surface area contributed by atoms with Crippen LogP contribution in [-0.4, -0.2) is 180 Å². The molecule has 19 nitrogen and oxygen atoms in total. The van der Waals surface area contributed by atoms with Crippen LogP contribution < -0.4 is 21.3 Å². The Morgan fingerprint density at radius 3 is 1.43 bits per heavy atom. The highest BCUT2D eigenvalue weighted by atomic mass is 16.7. The third-order valence-electron chi connectivity index (χ3n) is 7.91. The van der Waals surface area contributed by atoms with Crippen molar-refractivity contribution in [1.82, 2.24) is 26.2 Å². The summed E-state index contributed by atoms with van der Waals surface area (Å²) in [7, 11) is 0. The third kappa shape index (κ3) is 15.1. The summed E-state index contributed by atoms with van der Waals surface area (Å²) in [6.45, 7) is 4.51. The fraction of sp³-hybridized carbons (Fsp3) is 0.867. The second-order valence-electron chi connectivity index (χ2n) is 12.1. The number of hydrogen-bond donors (Lipinski definition) is 10. The maximum Gasteiger partial charge on any atom is 0.234 e. The van der Waals surface area contributed by atoms with Crippen molar-refractivity contribution >= 4 is 23.6 Å². The Bertz CT molecular complexity index is 972. The largest absolute Gasteiger partial charge is 0.388 e. The zero-order chi connectivity index (χ0) is 36.5. The van der Waals surface area contributed by atoms with Crippen molar-refractivity contribution < 1.29 is 68.8 Å². The average Bonchev–Trinajstić information content (AvgIpc) is 3.05. The van der Waals surface area contributed by atoms with Crippen LogP contribution in [0.5, 0.6) is 0 Å². The molecule has 0 saturated carbocycles. The van der Waals surface area contributed by atoms with Gasteiger partial charge >= 0.3 is 0 Å². The molecule has 10 atom stereocenters. The lowest BCUT2D eigenvalue weighted by molar-refractivity contribution is -0.292. The molecular formula is C30H55N5O14. The molecule has 0 radical (unpaired) electrons. The van der Waals surface area contributed by atoms with Gasteiger partial charge in [-0.15, -0.1) is 0 Å². The predicted molar refractivity (Wildman–Crippen MR) is 169 cm³/mol. The Labute approximate surface area is 285 Å². The van der Waals surface area contributed by atoms with E-state index < -0.39 is 79.1 Å². The molecule has 0 aromatic carbocycles. The maximum atomic E-state index is 12.7. The maximum absolute atomic E-state index is 12.7. The lowest BCUT2D eigenvalue weighted by atomic mass is 10.0. The number of aliphatic hydroxyl groups excluding tert-OH is 6. The van der Waals surface area contributed by atoms with Crippen molar-refractivity contribution in [1.29, 1.82) is 0 Å². The molecule has 0 aromatic heterocycles. The summed E-state index contributed by atoms with van der Waals surface area (Å²) in [5.41, 5.74) is 0. The van der Waals surface area contributed by atoms with Crippen molar-refractivity contribution in [3.05, 3.63) is 0 Å². The van der Waals surface area contributed by atoms with E-state index in [0.29, 0.717) is 32.4 Å². The van der Waals surface area contributed by atoms with Gasteiger partial charge in [-0.2, -0.15) is 0 Å². The number of carbonyl (C=O) groups is 4. The molecule has 2 heterocycles. The van der Waals surface area contributed by atoms with Crippen LogP contribution in [-0.2, 0) is 38.1 Å². The van der Waals surface area contributed by atoms with Crippen molar-refractivity contribution in [3.8, 4) is 0 Å². The number of unbranched alkanes of at least 4 members (excludes halogenated alkanes) is 2. The van der Waals surface area contributed by atoms with Gasteiger partial charge < -0.3 is 70.9 Å². The molecule has 2 rings (SSSR count). The van der Waals surface area contributed by atoms with E-state index in [1.165, 1.54) is 18.7 Å². The number of amides is 4. The Kier molecular flexibility index (Phi) is 19.4. The van der Waals surface area contributed by atoms with Crippen LogP contribution in [0.4, 0.5) is 0 Å². The molecule has 2 aliphatic heterocycles. The standard InChI is InChI=1S/C30H55N5O14/c1-4-31-19(36)8-6-5-7-9-32-20(37)14-35(15-21(38)33-10-12-46-29-27(44)25(42)23(40)17(2)48-29)16-22(39)34-11-13-47-30-28(45)26(43)24(41)18(3)49-30/h17-18,23-30,40-45H,4-16H2,1-3H3,(H,31,36)(H,32,37)(H,33,38)(H,34,39)/t17-,18-,23+,24+,25+,26+,27-,28-,29+,30?/m0/s1. The summed E-state index contributed by atoms with van der Waals surface area (Å²) in [6, 6.07) is 0. The van der Waals surface area contributed by atoms with Crippen LogP contribution in [0, 0.1) is 0 Å². The number of nitrogens with one attached hydrogen (secondary N) is 4. The Balaban J connectivity index is 1.81. The minimum absolute atomic E-state index is 0.0295. The summed E-state index contributed by atoms with van der Waals surface area (Å²) in [5.74, 6) is -1.53. The molecule has 10 N–H and O–H groups in total. The predicted octanol–water partition coefficient (Wildman–Crippen LogP) is -4.98. The van der Waals surface area contributed by atoms with Gasteiger partial charge in [0.15, 0.2) is 12.6 Å². The molecule has 0 spiro atoms. The number of nitrogens with zero attached hydrogens (tertiary/aromatic N) is 1. The number of rotatable bonds is 21. The van der Waals surface area contributed by atoms with Crippen molar-refractivity contribution in [2.45, 2.75) is 108 Å². The quantitative estimate of drug-likeness (QED) is 0.0500. The number of hydrogen-bond acceptors (Lipinski definition) is 15. The topological polar surface area (TPSA) is 278 Å². The minimum Gasteiger partial charge on any atom is -0.388 e. The lowest BCUT2D eigenvalue weighted by Gasteiger charge is -2.38. The zero-order valence-electron chi connectivity index (χ0n) is 28.4. The van der Waals surface area contributed by atoms with Crippen molar-refractivity contribution in [2.24, 2.45) is 0 Å². The van der Waals surface area contributed by atoms with Crippen molar-refractivity contribution in [2.75, 3.05) is 59.0 Å². The molecule has 284 valence electrons. The Morgan fingerprint density at radius 1 is 0.571 bits per heavy atom. The first-order chi connectivity index (χ1) is 23.2. The number of aliphatic hydroxyl groups is 6. The molecule has 0 aromatic rings. The van der Waals surface area contributed by atoms with Gasteiger partial charge in [0, 0.05) is 32.6 Å². The SMILES string of the molecule is CCNC(=O)CCCCCNC(=O)CN(CC(=O)NCCOC1O[C@@H](C)[C@@H](O)[C@@H](O)[C@@H]1O)CC(=O)NCCO[C@@H]1O[C@@H](C)[C@@H](O)[C@@H](O)[C@@H]1O. The average molecular weight is 710 g/mol. The van der Waals surface area contributed by atoms with Crippen LogP contribution in [0.1, 0.15) is 46.5 Å². The molecule has 2 saturated heterocycles. The first-order valence-corrected chi connectivity index (χ1v) is 16.7. The van der Waals surface area contributed by atoms with Gasteiger partial charge in [0.1, 0.15) is 36.6 Å². The summed E-state index contributed by atoms with van der Waals surface area (Å²) in [4.78, 5) is 50.9. The Hall–Kier alpha value is -2.56. The Morgan fingerprint density at radius 2 is 1.00 bits per heavy atom. The van der Waals surface area contributed by atoms with E-state index >= 15 is 0 Å². The lowest BCUT2D eigenvalue weighted by Crippen LogP contribution is -2.57. The molecule has 4 amide bonds. The third-order valence-corrected chi connectivity index (χ3v) is 7.91. The fourth-order valence-electron chi connectivity index (χ4n) is 5.08. The second kappa shape index (κ2) is 22.3. The highest BCUT2D eigenvalue weighted by molar-refractivity contribution is 5.84. The van der Waals surface area contributed by atoms with Gasteiger partial charge in [-0.3, -0.25) is 24.1 Å². The molecule has 0 bridgehead atoms. The van der Waals surface area contributed by atoms with E-state index in [1.54, 1.807) is 0 Å². The molecule has 1 unspecified atom stereocenters.